The van der Waals surface area contributed by atoms with E-state index in [1.54, 1.807) is 0 Å². The minimum atomic E-state index is 0.667. The van der Waals surface area contributed by atoms with E-state index in [9.17, 15) is 0 Å². The van der Waals surface area contributed by atoms with E-state index in [2.05, 4.69) is 51.7 Å². The van der Waals surface area contributed by atoms with E-state index in [-0.39, 0.29) is 0 Å². The van der Waals surface area contributed by atoms with Gasteiger partial charge in [0.15, 0.2) is 0 Å². The highest BCUT2D eigenvalue weighted by atomic mass is 32.2. The van der Waals surface area contributed by atoms with Gasteiger partial charge >= 0.3 is 0 Å². The molecule has 0 radical (unpaired) electrons. The molecule has 0 spiro atoms. The fraction of sp³-hybridized carbons (Fsp3) is 1.00. The van der Waals surface area contributed by atoms with Gasteiger partial charge in [-0.05, 0) is 19.8 Å². The lowest BCUT2D eigenvalue weighted by molar-refractivity contribution is 0.536. The zero-order valence-electron chi connectivity index (χ0n) is 9.76. The Balaban J connectivity index is 3.45. The zero-order valence-corrected chi connectivity index (χ0v) is 10.6. The van der Waals surface area contributed by atoms with Crippen molar-refractivity contribution in [1.82, 2.24) is 5.32 Å². The number of hydrogen-bond acceptors (Lipinski definition) is 2. The first-order valence-electron chi connectivity index (χ1n) is 5.48. The van der Waals surface area contributed by atoms with Crippen molar-refractivity contribution in [3.8, 4) is 0 Å². The number of rotatable bonds is 7. The van der Waals surface area contributed by atoms with Gasteiger partial charge in [-0.15, -0.1) is 0 Å². The molecule has 0 saturated heterocycles. The molecule has 0 amide bonds. The molecule has 2 heteroatoms. The fourth-order valence-corrected chi connectivity index (χ4v) is 2.23. The van der Waals surface area contributed by atoms with Crippen molar-refractivity contribution in [3.05, 3.63) is 0 Å². The quantitative estimate of drug-likeness (QED) is 0.681. The van der Waals surface area contributed by atoms with Crippen LogP contribution in [0.1, 0.15) is 47.5 Å². The number of hydrogen-bond donors (Lipinski definition) is 1. The second-order valence-electron chi connectivity index (χ2n) is 3.88. The molecular weight excluding hydrogens is 178 g/mol. The zero-order chi connectivity index (χ0) is 10.3. The van der Waals surface area contributed by atoms with Crippen LogP contribution in [0.4, 0.5) is 0 Å². The molecule has 0 aromatic carbocycles. The molecule has 0 saturated carbocycles. The maximum Gasteiger partial charge on any atom is 0.0146 e. The van der Waals surface area contributed by atoms with Gasteiger partial charge in [0.2, 0.25) is 0 Å². The summed E-state index contributed by atoms with van der Waals surface area (Å²) >= 11 is 2.09. The topological polar surface area (TPSA) is 12.0 Å². The van der Waals surface area contributed by atoms with E-state index < -0.39 is 0 Å². The largest absolute Gasteiger partial charge is 0.313 e. The Morgan fingerprint density at radius 3 is 2.08 bits per heavy atom. The Hall–Kier alpha value is 0.310. The Morgan fingerprint density at radius 1 is 1.00 bits per heavy atom. The van der Waals surface area contributed by atoms with Crippen molar-refractivity contribution >= 4 is 11.8 Å². The van der Waals surface area contributed by atoms with E-state index in [0.29, 0.717) is 6.04 Å². The minimum absolute atomic E-state index is 0.667. The van der Waals surface area contributed by atoms with E-state index in [0.717, 1.165) is 17.0 Å². The second kappa shape index (κ2) is 7.69. The molecule has 0 bridgehead atoms. The molecule has 0 rings (SSSR count). The van der Waals surface area contributed by atoms with Crippen LogP contribution in [0.5, 0.6) is 0 Å². The number of thioether (sulfide) groups is 1. The Morgan fingerprint density at radius 2 is 1.62 bits per heavy atom. The lowest BCUT2D eigenvalue weighted by Crippen LogP contribution is -2.31. The van der Waals surface area contributed by atoms with Gasteiger partial charge in [-0.3, -0.25) is 0 Å². The van der Waals surface area contributed by atoms with Gasteiger partial charge < -0.3 is 5.32 Å². The molecule has 0 aromatic rings. The summed E-state index contributed by atoms with van der Waals surface area (Å²) in [4.78, 5) is 0. The lowest BCUT2D eigenvalue weighted by atomic mass is 10.2. The smallest absolute Gasteiger partial charge is 0.0146 e. The van der Waals surface area contributed by atoms with E-state index in [4.69, 9.17) is 0 Å². The summed E-state index contributed by atoms with van der Waals surface area (Å²) in [5.74, 6) is 0. The normalized spacial score (nSPS) is 18.2. The molecule has 13 heavy (non-hydrogen) atoms. The summed E-state index contributed by atoms with van der Waals surface area (Å²) in [7, 11) is 0. The van der Waals surface area contributed by atoms with Crippen LogP contribution in [0.15, 0.2) is 0 Å². The highest BCUT2D eigenvalue weighted by Crippen LogP contribution is 2.19. The van der Waals surface area contributed by atoms with Crippen LogP contribution in [-0.4, -0.2) is 23.1 Å². The minimum Gasteiger partial charge on any atom is -0.313 e. The highest BCUT2D eigenvalue weighted by molar-refractivity contribution is 8.00. The van der Waals surface area contributed by atoms with Gasteiger partial charge in [-0.2, -0.15) is 11.8 Å². The molecule has 3 atom stereocenters. The average molecular weight is 203 g/mol. The molecule has 0 aliphatic heterocycles. The van der Waals surface area contributed by atoms with Gasteiger partial charge in [-0.25, -0.2) is 0 Å². The molecule has 80 valence electrons. The van der Waals surface area contributed by atoms with Crippen molar-refractivity contribution in [2.45, 2.75) is 64.0 Å². The summed E-state index contributed by atoms with van der Waals surface area (Å²) in [5.41, 5.74) is 0. The first kappa shape index (κ1) is 13.3. The molecule has 0 aliphatic rings. The third-order valence-corrected chi connectivity index (χ3v) is 3.83. The Labute approximate surface area is 88.1 Å². The summed E-state index contributed by atoms with van der Waals surface area (Å²) in [5, 5.41) is 5.08. The first-order valence-corrected chi connectivity index (χ1v) is 6.43. The van der Waals surface area contributed by atoms with Crippen LogP contribution in [0.3, 0.4) is 0 Å². The first-order chi connectivity index (χ1) is 6.10. The van der Waals surface area contributed by atoms with Gasteiger partial charge in [0, 0.05) is 23.1 Å². The van der Waals surface area contributed by atoms with E-state index in [1.165, 1.54) is 12.8 Å². The summed E-state index contributed by atoms with van der Waals surface area (Å²) in [6.07, 6.45) is 2.50. The predicted octanol–water partition coefficient (Wildman–Crippen LogP) is 3.29. The van der Waals surface area contributed by atoms with Crippen LogP contribution >= 0.6 is 11.8 Å². The van der Waals surface area contributed by atoms with Crippen molar-refractivity contribution < 1.29 is 0 Å². The molecule has 0 heterocycles. The second-order valence-corrected chi connectivity index (χ2v) is 5.76. The molecule has 0 aromatic heterocycles. The van der Waals surface area contributed by atoms with Crippen LogP contribution in [0.25, 0.3) is 0 Å². The van der Waals surface area contributed by atoms with E-state index in [1.807, 2.05) is 0 Å². The van der Waals surface area contributed by atoms with E-state index >= 15 is 0 Å². The fourth-order valence-electron chi connectivity index (χ4n) is 1.05. The predicted molar refractivity (Wildman–Crippen MR) is 64.6 cm³/mol. The van der Waals surface area contributed by atoms with Crippen LogP contribution < -0.4 is 5.32 Å². The average Bonchev–Trinajstić information content (AvgIpc) is 2.13. The summed E-state index contributed by atoms with van der Waals surface area (Å²) in [6, 6.07) is 0.667. The van der Waals surface area contributed by atoms with Gasteiger partial charge in [0.25, 0.3) is 0 Å². The van der Waals surface area contributed by atoms with Crippen LogP contribution in [-0.2, 0) is 0 Å². The number of nitrogens with one attached hydrogen (secondary N) is 1. The third-order valence-electron chi connectivity index (χ3n) is 2.41. The van der Waals surface area contributed by atoms with Crippen molar-refractivity contribution in [2.24, 2.45) is 0 Å². The van der Waals surface area contributed by atoms with Gasteiger partial charge in [0.1, 0.15) is 0 Å². The molecule has 0 aliphatic carbocycles. The Bertz CT molecular complexity index is 117. The summed E-state index contributed by atoms with van der Waals surface area (Å²) < 4.78 is 0. The third kappa shape index (κ3) is 7.39. The standard InChI is InChI=1S/C11H25NS/c1-6-9(3)12-8-11(5)13-10(4)7-2/h9-12H,6-8H2,1-5H3. The molecular formula is C11H25NS. The highest BCUT2D eigenvalue weighted by Gasteiger charge is 2.08. The van der Waals surface area contributed by atoms with Crippen molar-refractivity contribution in [3.63, 3.8) is 0 Å². The molecule has 3 unspecified atom stereocenters. The summed E-state index contributed by atoms with van der Waals surface area (Å²) in [6.45, 7) is 12.5. The van der Waals surface area contributed by atoms with Crippen LogP contribution in [0, 0.1) is 0 Å². The van der Waals surface area contributed by atoms with Crippen LogP contribution in [0.2, 0.25) is 0 Å². The SMILES string of the molecule is CCC(C)NCC(C)SC(C)CC. The van der Waals surface area contributed by atoms with Crippen molar-refractivity contribution in [2.75, 3.05) is 6.54 Å². The lowest BCUT2D eigenvalue weighted by Gasteiger charge is -2.18. The van der Waals surface area contributed by atoms with Gasteiger partial charge in [-0.1, -0.05) is 27.7 Å². The maximum absolute atomic E-state index is 3.54. The monoisotopic (exact) mass is 203 g/mol. The van der Waals surface area contributed by atoms with Crippen molar-refractivity contribution in [1.29, 1.82) is 0 Å². The molecule has 1 N–H and O–H groups in total. The molecule has 0 fully saturated rings. The molecule has 1 nitrogen and oxygen atoms in total. The van der Waals surface area contributed by atoms with Gasteiger partial charge in [0.05, 0.1) is 0 Å². The maximum atomic E-state index is 3.54. The Kier molecular flexibility index (Phi) is 7.87.